The Morgan fingerprint density at radius 1 is 1.24 bits per heavy atom. The van der Waals surface area contributed by atoms with E-state index < -0.39 is 0 Å². The predicted molar refractivity (Wildman–Crippen MR) is 71.6 cm³/mol. The lowest BCUT2D eigenvalue weighted by Gasteiger charge is -2.28. The number of methoxy groups -OCH3 is 1. The molecule has 2 nitrogen and oxygen atoms in total. The molecular weight excluding hydrogens is 234 g/mol. The van der Waals surface area contributed by atoms with Crippen molar-refractivity contribution in [2.45, 2.75) is 37.9 Å². The number of ether oxygens (including phenoxy) is 1. The molecular formula is C14H20ClNO. The van der Waals surface area contributed by atoms with Crippen LogP contribution in [0.2, 0.25) is 0 Å². The molecule has 0 radical (unpaired) electrons. The van der Waals surface area contributed by atoms with Crippen LogP contribution in [0.1, 0.15) is 43.0 Å². The summed E-state index contributed by atoms with van der Waals surface area (Å²) < 4.78 is 5.30. The molecule has 3 unspecified atom stereocenters. The lowest BCUT2D eigenvalue weighted by Crippen LogP contribution is -2.33. The molecule has 0 N–H and O–H groups in total. The highest BCUT2D eigenvalue weighted by molar-refractivity contribution is 5.85. The van der Waals surface area contributed by atoms with E-state index in [0.29, 0.717) is 18.1 Å². The number of hydrogen-bond donors (Lipinski definition) is 0. The van der Waals surface area contributed by atoms with Crippen molar-refractivity contribution in [1.29, 1.82) is 0 Å². The first-order valence-electron chi connectivity index (χ1n) is 6.18. The highest BCUT2D eigenvalue weighted by atomic mass is 35.5. The Morgan fingerprint density at radius 2 is 1.76 bits per heavy atom. The molecule has 17 heavy (non-hydrogen) atoms. The molecule has 2 heterocycles. The van der Waals surface area contributed by atoms with E-state index >= 15 is 0 Å². The molecule has 2 bridgehead atoms. The Bertz CT molecular complexity index is 365. The Labute approximate surface area is 109 Å². The van der Waals surface area contributed by atoms with Crippen molar-refractivity contribution in [3.05, 3.63) is 35.4 Å². The van der Waals surface area contributed by atoms with Crippen LogP contribution in [0.15, 0.2) is 24.3 Å². The van der Waals surface area contributed by atoms with Gasteiger partial charge in [-0.25, -0.2) is 0 Å². The predicted octanol–water partition coefficient (Wildman–Crippen LogP) is 3.33. The summed E-state index contributed by atoms with van der Waals surface area (Å²) in [6.45, 7) is 3.11. The van der Waals surface area contributed by atoms with Crippen LogP contribution in [0.5, 0.6) is 0 Å². The van der Waals surface area contributed by atoms with Gasteiger partial charge in [-0.3, -0.25) is 4.90 Å². The number of halogens is 1. The van der Waals surface area contributed by atoms with Crippen LogP contribution in [0.3, 0.4) is 0 Å². The Kier molecular flexibility index (Phi) is 3.76. The zero-order valence-corrected chi connectivity index (χ0v) is 11.2. The second kappa shape index (κ2) is 4.97. The van der Waals surface area contributed by atoms with E-state index in [1.807, 2.05) is 0 Å². The Morgan fingerprint density at radius 3 is 2.24 bits per heavy atom. The lowest BCUT2D eigenvalue weighted by atomic mass is 9.92. The molecule has 94 valence electrons. The summed E-state index contributed by atoms with van der Waals surface area (Å²) in [5.41, 5.74) is 3.11. The highest BCUT2D eigenvalue weighted by Gasteiger charge is 2.45. The van der Waals surface area contributed by atoms with Crippen molar-refractivity contribution in [3.63, 3.8) is 0 Å². The maximum atomic E-state index is 5.30. The fourth-order valence-electron chi connectivity index (χ4n) is 3.52. The minimum Gasteiger partial charge on any atom is -0.383 e. The van der Waals surface area contributed by atoms with Crippen LogP contribution in [0.4, 0.5) is 0 Å². The van der Waals surface area contributed by atoms with Crippen LogP contribution >= 0.6 is 12.4 Å². The van der Waals surface area contributed by atoms with E-state index in [2.05, 4.69) is 36.1 Å². The van der Waals surface area contributed by atoms with Gasteiger partial charge < -0.3 is 4.74 Å². The van der Waals surface area contributed by atoms with Crippen LogP contribution in [0, 0.1) is 0 Å². The topological polar surface area (TPSA) is 12.5 Å². The van der Waals surface area contributed by atoms with Crippen LogP contribution in [0.25, 0.3) is 0 Å². The van der Waals surface area contributed by atoms with Gasteiger partial charge in [0.05, 0.1) is 6.61 Å². The van der Waals surface area contributed by atoms with Gasteiger partial charge >= 0.3 is 0 Å². The van der Waals surface area contributed by atoms with Gasteiger partial charge in [0.15, 0.2) is 0 Å². The molecule has 1 aromatic carbocycles. The first-order chi connectivity index (χ1) is 7.83. The van der Waals surface area contributed by atoms with E-state index in [9.17, 15) is 0 Å². The quantitative estimate of drug-likeness (QED) is 0.819. The van der Waals surface area contributed by atoms with Crippen molar-refractivity contribution < 1.29 is 4.74 Å². The third-order valence-corrected chi connectivity index (χ3v) is 4.06. The second-order valence-corrected chi connectivity index (χ2v) is 4.99. The molecule has 0 spiro atoms. The summed E-state index contributed by atoms with van der Waals surface area (Å²) >= 11 is 0. The molecule has 0 aliphatic carbocycles. The summed E-state index contributed by atoms with van der Waals surface area (Å²) in [5, 5.41) is 0. The number of hydrogen-bond acceptors (Lipinski definition) is 2. The van der Waals surface area contributed by atoms with Crippen molar-refractivity contribution >= 4 is 12.4 Å². The number of benzene rings is 1. The van der Waals surface area contributed by atoms with Gasteiger partial charge in [0.25, 0.3) is 0 Å². The zero-order chi connectivity index (χ0) is 11.1. The largest absolute Gasteiger partial charge is 0.383 e. The Hall–Kier alpha value is -0.570. The molecule has 0 aromatic heterocycles. The minimum atomic E-state index is 0. The van der Waals surface area contributed by atoms with Crippen LogP contribution in [-0.4, -0.2) is 24.7 Å². The summed E-state index contributed by atoms with van der Waals surface area (Å²) in [4.78, 5) is 2.65. The first kappa shape index (κ1) is 12.9. The van der Waals surface area contributed by atoms with Crippen molar-refractivity contribution in [2.24, 2.45) is 0 Å². The molecule has 0 amide bonds. The van der Waals surface area contributed by atoms with Gasteiger partial charge in [0, 0.05) is 25.2 Å². The van der Waals surface area contributed by atoms with E-state index in [-0.39, 0.29) is 12.4 Å². The molecule has 0 saturated carbocycles. The Balaban J connectivity index is 0.00000108. The molecule has 1 fully saturated rings. The van der Waals surface area contributed by atoms with E-state index in [4.69, 9.17) is 4.74 Å². The average Bonchev–Trinajstić information content (AvgIpc) is 2.86. The average molecular weight is 254 g/mol. The van der Waals surface area contributed by atoms with Crippen LogP contribution in [-0.2, 0) is 4.74 Å². The van der Waals surface area contributed by atoms with E-state index in [0.717, 1.165) is 6.61 Å². The molecule has 2 aliphatic heterocycles. The van der Waals surface area contributed by atoms with Gasteiger partial charge in [-0.15, -0.1) is 12.4 Å². The fourth-order valence-corrected chi connectivity index (χ4v) is 3.52. The smallest absolute Gasteiger partial charge is 0.0615 e. The van der Waals surface area contributed by atoms with Crippen LogP contribution < -0.4 is 0 Å². The monoisotopic (exact) mass is 253 g/mol. The summed E-state index contributed by atoms with van der Waals surface area (Å²) in [5.74, 6) is 0. The standard InChI is InChI=1S/C14H19NO.ClH/c1-10(9-16-2)15-13-7-8-14(15)12-6-4-3-5-11(12)13;/h3-6,10,13-14H,7-9H2,1-2H3;1H. The van der Waals surface area contributed by atoms with Gasteiger partial charge in [-0.1, -0.05) is 24.3 Å². The first-order valence-corrected chi connectivity index (χ1v) is 6.18. The van der Waals surface area contributed by atoms with Crippen molar-refractivity contribution in [3.8, 4) is 0 Å². The zero-order valence-electron chi connectivity index (χ0n) is 10.4. The lowest BCUT2D eigenvalue weighted by molar-refractivity contribution is 0.0764. The molecule has 1 saturated heterocycles. The molecule has 3 heteroatoms. The minimum absolute atomic E-state index is 0. The van der Waals surface area contributed by atoms with Gasteiger partial charge in [0.1, 0.15) is 0 Å². The highest BCUT2D eigenvalue weighted by Crippen LogP contribution is 2.53. The fraction of sp³-hybridized carbons (Fsp3) is 0.571. The third kappa shape index (κ3) is 1.88. The maximum absolute atomic E-state index is 5.30. The second-order valence-electron chi connectivity index (χ2n) is 4.99. The van der Waals surface area contributed by atoms with E-state index in [1.165, 1.54) is 12.8 Å². The number of rotatable bonds is 3. The molecule has 3 atom stereocenters. The summed E-state index contributed by atoms with van der Waals surface area (Å²) in [6.07, 6.45) is 2.63. The molecule has 1 aromatic rings. The number of nitrogens with zero attached hydrogens (tertiary/aromatic N) is 1. The van der Waals surface area contributed by atoms with Gasteiger partial charge in [-0.05, 0) is 30.9 Å². The third-order valence-electron chi connectivity index (χ3n) is 4.06. The van der Waals surface area contributed by atoms with Crippen molar-refractivity contribution in [1.82, 2.24) is 4.90 Å². The SMILES string of the molecule is COCC(C)N1C2CCC1c1ccccc12.Cl. The normalized spacial score (nSPS) is 27.6. The molecule has 3 rings (SSSR count). The van der Waals surface area contributed by atoms with E-state index in [1.54, 1.807) is 18.2 Å². The maximum Gasteiger partial charge on any atom is 0.0615 e. The number of fused-ring (bicyclic) bond motifs is 5. The summed E-state index contributed by atoms with van der Waals surface area (Å²) in [7, 11) is 1.79. The van der Waals surface area contributed by atoms with Crippen molar-refractivity contribution in [2.75, 3.05) is 13.7 Å². The van der Waals surface area contributed by atoms with Gasteiger partial charge in [-0.2, -0.15) is 0 Å². The summed E-state index contributed by atoms with van der Waals surface area (Å²) in [6, 6.07) is 10.7. The van der Waals surface area contributed by atoms with Gasteiger partial charge in [0.2, 0.25) is 0 Å². The molecule has 2 aliphatic rings.